The Kier molecular flexibility index (Phi) is 11.5. The van der Waals surface area contributed by atoms with Gasteiger partial charge in [0.2, 0.25) is 6.41 Å². The van der Waals surface area contributed by atoms with Crippen molar-refractivity contribution in [1.82, 2.24) is 4.90 Å². The summed E-state index contributed by atoms with van der Waals surface area (Å²) in [7, 11) is 3.05. The predicted molar refractivity (Wildman–Crippen MR) is 75.9 cm³/mol. The zero-order valence-electron chi connectivity index (χ0n) is 13.4. The average Bonchev–Trinajstić information content (AvgIpc) is 2.88. The molecule has 19 heavy (non-hydrogen) atoms. The SMILES string of the molecule is CC.COC(=O)[C@@H]1CCCN1C=O.COC(C)(C)C. The summed E-state index contributed by atoms with van der Waals surface area (Å²) in [4.78, 5) is 22.8. The lowest BCUT2D eigenvalue weighted by molar-refractivity contribution is -0.148. The minimum Gasteiger partial charge on any atom is -0.467 e. The van der Waals surface area contributed by atoms with E-state index in [1.54, 1.807) is 7.11 Å². The van der Waals surface area contributed by atoms with Crippen LogP contribution >= 0.6 is 0 Å². The summed E-state index contributed by atoms with van der Waals surface area (Å²) in [6.07, 6.45) is 2.32. The molecule has 114 valence electrons. The van der Waals surface area contributed by atoms with E-state index in [9.17, 15) is 9.59 Å². The lowest BCUT2D eigenvalue weighted by Crippen LogP contribution is -2.35. The molecule has 0 spiro atoms. The third-order valence-electron chi connectivity index (χ3n) is 2.52. The monoisotopic (exact) mass is 275 g/mol. The van der Waals surface area contributed by atoms with Crippen LogP contribution in [0.25, 0.3) is 0 Å². The van der Waals surface area contributed by atoms with Crippen molar-refractivity contribution in [3.63, 3.8) is 0 Å². The van der Waals surface area contributed by atoms with Crippen molar-refractivity contribution in [2.45, 2.75) is 59.1 Å². The number of ether oxygens (including phenoxy) is 2. The molecular formula is C14H29NO4. The fourth-order valence-corrected chi connectivity index (χ4v) is 1.30. The van der Waals surface area contributed by atoms with Crippen molar-refractivity contribution >= 4 is 12.4 Å². The highest BCUT2D eigenvalue weighted by molar-refractivity contribution is 5.78. The fourth-order valence-electron chi connectivity index (χ4n) is 1.30. The van der Waals surface area contributed by atoms with Crippen LogP contribution in [0.2, 0.25) is 0 Å². The molecule has 0 aliphatic carbocycles. The van der Waals surface area contributed by atoms with Crippen LogP contribution in [0.15, 0.2) is 0 Å². The predicted octanol–water partition coefficient (Wildman–Crippen LogP) is 2.24. The Morgan fingerprint density at radius 3 is 2.05 bits per heavy atom. The van der Waals surface area contributed by atoms with E-state index < -0.39 is 0 Å². The van der Waals surface area contributed by atoms with Crippen LogP contribution in [-0.2, 0) is 19.1 Å². The van der Waals surface area contributed by atoms with E-state index in [-0.39, 0.29) is 17.6 Å². The topological polar surface area (TPSA) is 55.8 Å². The molecule has 0 radical (unpaired) electrons. The van der Waals surface area contributed by atoms with Crippen LogP contribution < -0.4 is 0 Å². The molecule has 1 saturated heterocycles. The Morgan fingerprint density at radius 1 is 1.26 bits per heavy atom. The summed E-state index contributed by atoms with van der Waals surface area (Å²) in [5.41, 5.74) is 0.0417. The van der Waals surface area contributed by atoms with Gasteiger partial charge < -0.3 is 14.4 Å². The summed E-state index contributed by atoms with van der Waals surface area (Å²) >= 11 is 0. The second-order valence-corrected chi connectivity index (χ2v) is 4.84. The zero-order chi connectivity index (χ0) is 15.5. The molecule has 1 amide bonds. The van der Waals surface area contributed by atoms with Gasteiger partial charge in [0.1, 0.15) is 6.04 Å². The Bertz CT molecular complexity index is 248. The lowest BCUT2D eigenvalue weighted by Gasteiger charge is -2.16. The molecule has 1 rings (SSSR count). The summed E-state index contributed by atoms with van der Waals surface area (Å²) in [6.45, 7) is 10.7. The summed E-state index contributed by atoms with van der Waals surface area (Å²) in [5, 5.41) is 0. The van der Waals surface area contributed by atoms with Crippen LogP contribution in [0, 0.1) is 0 Å². The number of hydrogen-bond donors (Lipinski definition) is 0. The fraction of sp³-hybridized carbons (Fsp3) is 0.857. The van der Waals surface area contributed by atoms with Crippen molar-refractivity contribution in [3.05, 3.63) is 0 Å². The highest BCUT2D eigenvalue weighted by atomic mass is 16.5. The van der Waals surface area contributed by atoms with Gasteiger partial charge in [-0.25, -0.2) is 4.79 Å². The smallest absolute Gasteiger partial charge is 0.328 e. The van der Waals surface area contributed by atoms with E-state index in [0.29, 0.717) is 13.0 Å². The van der Waals surface area contributed by atoms with Gasteiger partial charge in [-0.3, -0.25) is 4.79 Å². The molecule has 0 saturated carbocycles. The highest BCUT2D eigenvalue weighted by Gasteiger charge is 2.29. The number of hydrogen-bond acceptors (Lipinski definition) is 4. The number of esters is 1. The first-order chi connectivity index (χ1) is 8.85. The Hall–Kier alpha value is -1.10. The molecule has 0 aromatic rings. The highest BCUT2D eigenvalue weighted by Crippen LogP contribution is 2.15. The van der Waals surface area contributed by atoms with Gasteiger partial charge in [0.25, 0.3) is 0 Å². The largest absolute Gasteiger partial charge is 0.467 e. The Morgan fingerprint density at radius 2 is 1.74 bits per heavy atom. The van der Waals surface area contributed by atoms with Gasteiger partial charge in [0.05, 0.1) is 12.7 Å². The quantitative estimate of drug-likeness (QED) is 0.573. The van der Waals surface area contributed by atoms with E-state index in [1.807, 2.05) is 34.6 Å². The van der Waals surface area contributed by atoms with E-state index in [0.717, 1.165) is 12.8 Å². The van der Waals surface area contributed by atoms with Crippen LogP contribution in [0.3, 0.4) is 0 Å². The lowest BCUT2D eigenvalue weighted by atomic mass is 10.2. The van der Waals surface area contributed by atoms with Crippen molar-refractivity contribution < 1.29 is 19.1 Å². The van der Waals surface area contributed by atoms with Gasteiger partial charge in [0, 0.05) is 13.7 Å². The van der Waals surface area contributed by atoms with Crippen LogP contribution in [-0.4, -0.2) is 49.7 Å². The molecule has 1 atom stereocenters. The van der Waals surface area contributed by atoms with Gasteiger partial charge in [-0.05, 0) is 33.6 Å². The number of methoxy groups -OCH3 is 2. The van der Waals surface area contributed by atoms with Crippen molar-refractivity contribution in [3.8, 4) is 0 Å². The third-order valence-corrected chi connectivity index (χ3v) is 2.52. The first kappa shape index (κ1) is 20.2. The first-order valence-corrected chi connectivity index (χ1v) is 6.69. The number of amides is 1. The summed E-state index contributed by atoms with van der Waals surface area (Å²) in [6, 6.07) is -0.336. The molecule has 1 aliphatic heterocycles. The molecule has 0 bridgehead atoms. The molecule has 5 heteroatoms. The summed E-state index contributed by atoms with van der Waals surface area (Å²) < 4.78 is 9.46. The number of carbonyl (C=O) groups is 2. The second kappa shape index (κ2) is 10.8. The normalized spacial score (nSPS) is 17.6. The van der Waals surface area contributed by atoms with Gasteiger partial charge in [-0.2, -0.15) is 0 Å². The standard InChI is InChI=1S/C7H11NO3.C5H12O.C2H6/c1-11-7(10)6-3-2-4-8(6)5-9;1-5(2,3)6-4;1-2/h5-6H,2-4H2,1H3;1-4H3;1-2H3/t6-;;/m0../s1. The van der Waals surface area contributed by atoms with Gasteiger partial charge >= 0.3 is 5.97 Å². The minimum absolute atomic E-state index is 0.0417. The Balaban J connectivity index is 0. The molecule has 0 aromatic heterocycles. The average molecular weight is 275 g/mol. The molecular weight excluding hydrogens is 246 g/mol. The van der Waals surface area contributed by atoms with Gasteiger partial charge in [0.15, 0.2) is 0 Å². The second-order valence-electron chi connectivity index (χ2n) is 4.84. The van der Waals surface area contributed by atoms with Crippen LogP contribution in [0.5, 0.6) is 0 Å². The van der Waals surface area contributed by atoms with Crippen molar-refractivity contribution in [1.29, 1.82) is 0 Å². The number of carbonyl (C=O) groups excluding carboxylic acids is 2. The van der Waals surface area contributed by atoms with Gasteiger partial charge in [-0.1, -0.05) is 13.8 Å². The number of rotatable bonds is 2. The maximum atomic E-state index is 11.0. The molecule has 5 nitrogen and oxygen atoms in total. The molecule has 1 heterocycles. The Labute approximate surface area is 117 Å². The zero-order valence-corrected chi connectivity index (χ0v) is 13.4. The van der Waals surface area contributed by atoms with Crippen LogP contribution in [0.4, 0.5) is 0 Å². The van der Waals surface area contributed by atoms with E-state index in [4.69, 9.17) is 4.74 Å². The van der Waals surface area contributed by atoms with E-state index in [2.05, 4.69) is 4.74 Å². The van der Waals surface area contributed by atoms with E-state index >= 15 is 0 Å². The molecule has 0 N–H and O–H groups in total. The van der Waals surface area contributed by atoms with Crippen LogP contribution in [0.1, 0.15) is 47.5 Å². The maximum absolute atomic E-state index is 11.0. The first-order valence-electron chi connectivity index (χ1n) is 6.69. The van der Waals surface area contributed by atoms with E-state index in [1.165, 1.54) is 12.0 Å². The number of nitrogens with zero attached hydrogens (tertiary/aromatic N) is 1. The van der Waals surface area contributed by atoms with Crippen molar-refractivity contribution in [2.24, 2.45) is 0 Å². The minimum atomic E-state index is -0.336. The third kappa shape index (κ3) is 9.47. The summed E-state index contributed by atoms with van der Waals surface area (Å²) in [5.74, 6) is -0.311. The van der Waals surface area contributed by atoms with Crippen molar-refractivity contribution in [2.75, 3.05) is 20.8 Å². The maximum Gasteiger partial charge on any atom is 0.328 e. The molecule has 0 aromatic carbocycles. The molecule has 0 unspecified atom stereocenters. The molecule has 1 fully saturated rings. The molecule has 1 aliphatic rings. The van der Waals surface area contributed by atoms with Gasteiger partial charge in [-0.15, -0.1) is 0 Å². The number of likely N-dealkylation sites (tertiary alicyclic amines) is 1.